The summed E-state index contributed by atoms with van der Waals surface area (Å²) in [4.78, 5) is 36.3. The second kappa shape index (κ2) is 10.6. The fraction of sp³-hybridized carbons (Fsp3) is 0.480. The van der Waals surface area contributed by atoms with Crippen LogP contribution in [0.4, 0.5) is 4.79 Å². The highest BCUT2D eigenvalue weighted by molar-refractivity contribution is 5.99. The molecule has 0 saturated carbocycles. The van der Waals surface area contributed by atoms with E-state index in [1.165, 1.54) is 0 Å². The van der Waals surface area contributed by atoms with Gasteiger partial charge in [0.05, 0.1) is 13.0 Å². The number of benzene rings is 1. The maximum atomic E-state index is 12.7. The number of nitrogens with one attached hydrogen (secondary N) is 1. The molecule has 2 aromatic rings. The fourth-order valence-electron chi connectivity index (χ4n) is 3.60. The maximum Gasteiger partial charge on any atom is 0.407 e. The third kappa shape index (κ3) is 6.76. The number of hydrogen-bond acceptors (Lipinski definition) is 7. The predicted octanol–water partition coefficient (Wildman–Crippen LogP) is 3.59. The lowest BCUT2D eigenvalue weighted by atomic mass is 10.1. The molecule has 0 spiro atoms. The summed E-state index contributed by atoms with van der Waals surface area (Å²) in [5.41, 5.74) is 1.54. The molecule has 1 aromatic carbocycles. The molecule has 2 heterocycles. The molecule has 1 atom stereocenters. The number of rotatable bonds is 8. The van der Waals surface area contributed by atoms with Gasteiger partial charge >= 0.3 is 12.1 Å². The van der Waals surface area contributed by atoms with Crippen molar-refractivity contribution in [1.82, 2.24) is 9.88 Å². The average Bonchev–Trinajstić information content (AvgIpc) is 3.04. The molecule has 0 radical (unpaired) electrons. The maximum absolute atomic E-state index is 12.7. The van der Waals surface area contributed by atoms with Gasteiger partial charge in [0.2, 0.25) is 5.78 Å². The summed E-state index contributed by atoms with van der Waals surface area (Å²) in [6.45, 7) is 9.63. The van der Waals surface area contributed by atoms with E-state index in [1.807, 2.05) is 42.7 Å². The predicted molar refractivity (Wildman–Crippen MR) is 124 cm³/mol. The van der Waals surface area contributed by atoms with Crippen LogP contribution in [0.3, 0.4) is 0 Å². The minimum absolute atomic E-state index is 0.0586. The number of nitrogens with zero attached hydrogens (tertiary/aromatic N) is 1. The van der Waals surface area contributed by atoms with Crippen molar-refractivity contribution in [3.05, 3.63) is 47.3 Å². The van der Waals surface area contributed by atoms with Crippen LogP contribution in [-0.2, 0) is 20.8 Å². The highest BCUT2D eigenvalue weighted by Crippen LogP contribution is 2.31. The number of para-hydroxylation sites is 2. The number of carbonyl (C=O) groups is 3. The van der Waals surface area contributed by atoms with Crippen LogP contribution in [0.15, 0.2) is 30.3 Å². The molecule has 9 nitrogen and oxygen atoms in total. The van der Waals surface area contributed by atoms with E-state index in [4.69, 9.17) is 18.9 Å². The smallest absolute Gasteiger partial charge is 0.407 e. The highest BCUT2D eigenvalue weighted by atomic mass is 16.6. The second-order valence-corrected chi connectivity index (χ2v) is 9.16. The number of ether oxygens (including phenoxy) is 4. The molecule has 9 heteroatoms. The van der Waals surface area contributed by atoms with Gasteiger partial charge < -0.3 is 28.8 Å². The molecule has 0 bridgehead atoms. The number of hydrogen-bond donors (Lipinski definition) is 1. The fourth-order valence-corrected chi connectivity index (χ4v) is 3.60. The molecule has 3 rings (SSSR count). The Kier molecular flexibility index (Phi) is 7.86. The number of amides is 1. The Hall–Kier alpha value is -3.49. The summed E-state index contributed by atoms with van der Waals surface area (Å²) < 4.78 is 24.0. The van der Waals surface area contributed by atoms with Gasteiger partial charge in [-0.3, -0.25) is 9.59 Å². The van der Waals surface area contributed by atoms with Gasteiger partial charge in [-0.25, -0.2) is 4.79 Å². The molecule has 1 unspecified atom stereocenters. The van der Waals surface area contributed by atoms with Gasteiger partial charge in [-0.15, -0.1) is 0 Å². The topological polar surface area (TPSA) is 105 Å². The molecular formula is C25H32N2O7. The van der Waals surface area contributed by atoms with E-state index in [1.54, 1.807) is 26.8 Å². The van der Waals surface area contributed by atoms with Gasteiger partial charge in [0.1, 0.15) is 12.2 Å². The van der Waals surface area contributed by atoms with Crippen LogP contribution < -0.4 is 14.8 Å². The summed E-state index contributed by atoms with van der Waals surface area (Å²) in [6, 6.07) is 9.30. The van der Waals surface area contributed by atoms with E-state index in [0.29, 0.717) is 24.5 Å². The Bertz CT molecular complexity index is 1050. The highest BCUT2D eigenvalue weighted by Gasteiger charge is 2.24. The minimum atomic E-state index is -0.621. The SMILES string of the molecule is Cc1cc(C(=O)COC(=O)CCNC(=O)OC(C)(C)C)c(C)n1CC1COc2ccccc2O1. The number of esters is 1. The van der Waals surface area contributed by atoms with Crippen molar-refractivity contribution in [2.75, 3.05) is 19.8 Å². The Morgan fingerprint density at radius 2 is 1.85 bits per heavy atom. The van der Waals surface area contributed by atoms with Crippen molar-refractivity contribution in [1.29, 1.82) is 0 Å². The van der Waals surface area contributed by atoms with Crippen LogP contribution in [-0.4, -0.2) is 53.9 Å². The van der Waals surface area contributed by atoms with E-state index in [9.17, 15) is 14.4 Å². The zero-order valence-corrected chi connectivity index (χ0v) is 20.3. The molecule has 1 amide bonds. The number of carbonyl (C=O) groups excluding carboxylic acids is 3. The normalized spacial score (nSPS) is 14.9. The number of Topliss-reactive ketones (excluding diaryl/α,β-unsaturated/α-hetero) is 1. The van der Waals surface area contributed by atoms with E-state index in [-0.39, 0.29) is 31.5 Å². The molecule has 0 fully saturated rings. The van der Waals surface area contributed by atoms with Crippen molar-refractivity contribution in [3.8, 4) is 11.5 Å². The van der Waals surface area contributed by atoms with Gasteiger partial charge in [0, 0.05) is 23.5 Å². The van der Waals surface area contributed by atoms with Crippen LogP contribution in [0.2, 0.25) is 0 Å². The summed E-state index contributed by atoms with van der Waals surface area (Å²) in [5, 5.41) is 2.48. The van der Waals surface area contributed by atoms with E-state index < -0.39 is 17.7 Å². The molecule has 1 aliphatic rings. The van der Waals surface area contributed by atoms with E-state index in [2.05, 4.69) is 5.32 Å². The van der Waals surface area contributed by atoms with Crippen molar-refractivity contribution in [2.24, 2.45) is 0 Å². The summed E-state index contributed by atoms with van der Waals surface area (Å²) in [5.74, 6) is 0.549. The van der Waals surface area contributed by atoms with Crippen molar-refractivity contribution >= 4 is 17.8 Å². The zero-order valence-electron chi connectivity index (χ0n) is 20.3. The largest absolute Gasteiger partial charge is 0.486 e. The molecule has 0 saturated heterocycles. The van der Waals surface area contributed by atoms with Crippen molar-refractivity contribution in [3.63, 3.8) is 0 Å². The standard InChI is InChI=1S/C25H32N2O7/c1-16-12-19(20(28)15-32-23(29)10-11-26-24(30)34-25(3,4)5)17(2)27(16)13-18-14-31-21-8-6-7-9-22(21)33-18/h6-9,12,18H,10-11,13-15H2,1-5H3,(H,26,30). The van der Waals surface area contributed by atoms with Crippen LogP contribution in [0.5, 0.6) is 11.5 Å². The minimum Gasteiger partial charge on any atom is -0.486 e. The quantitative estimate of drug-likeness (QED) is 0.462. The first-order chi connectivity index (χ1) is 16.0. The number of aryl methyl sites for hydroxylation is 1. The first-order valence-corrected chi connectivity index (χ1v) is 11.2. The Morgan fingerprint density at radius 3 is 2.56 bits per heavy atom. The summed E-state index contributed by atoms with van der Waals surface area (Å²) in [6.07, 6.45) is -0.871. The molecule has 184 valence electrons. The Morgan fingerprint density at radius 1 is 1.15 bits per heavy atom. The number of alkyl carbamates (subject to hydrolysis) is 1. The van der Waals surface area contributed by atoms with Gasteiger partial charge in [-0.05, 0) is 52.8 Å². The monoisotopic (exact) mass is 472 g/mol. The van der Waals surface area contributed by atoms with Crippen LogP contribution in [0.25, 0.3) is 0 Å². The van der Waals surface area contributed by atoms with E-state index in [0.717, 1.165) is 17.1 Å². The third-order valence-corrected chi connectivity index (χ3v) is 5.19. The average molecular weight is 473 g/mol. The van der Waals surface area contributed by atoms with Gasteiger partial charge in [-0.2, -0.15) is 0 Å². The Balaban J connectivity index is 1.49. The van der Waals surface area contributed by atoms with Gasteiger partial charge in [0.15, 0.2) is 24.2 Å². The van der Waals surface area contributed by atoms with E-state index >= 15 is 0 Å². The first kappa shape index (κ1) is 25.1. The van der Waals surface area contributed by atoms with Crippen LogP contribution in [0.1, 0.15) is 48.9 Å². The van der Waals surface area contributed by atoms with Gasteiger partial charge in [-0.1, -0.05) is 12.1 Å². The number of fused-ring (bicyclic) bond motifs is 1. The lowest BCUT2D eigenvalue weighted by Crippen LogP contribution is -2.34. The molecular weight excluding hydrogens is 440 g/mol. The second-order valence-electron chi connectivity index (χ2n) is 9.16. The van der Waals surface area contributed by atoms with Crippen LogP contribution in [0, 0.1) is 13.8 Å². The first-order valence-electron chi connectivity index (χ1n) is 11.2. The van der Waals surface area contributed by atoms with Crippen molar-refractivity contribution in [2.45, 2.75) is 59.3 Å². The molecule has 1 aliphatic heterocycles. The van der Waals surface area contributed by atoms with Gasteiger partial charge in [0.25, 0.3) is 0 Å². The zero-order chi connectivity index (χ0) is 24.9. The lowest BCUT2D eigenvalue weighted by molar-refractivity contribution is -0.142. The summed E-state index contributed by atoms with van der Waals surface area (Å²) >= 11 is 0. The summed E-state index contributed by atoms with van der Waals surface area (Å²) in [7, 11) is 0. The van der Waals surface area contributed by atoms with Crippen molar-refractivity contribution < 1.29 is 33.3 Å². The third-order valence-electron chi connectivity index (χ3n) is 5.19. The number of aromatic nitrogens is 1. The molecule has 34 heavy (non-hydrogen) atoms. The Labute approximate surface area is 199 Å². The molecule has 0 aliphatic carbocycles. The lowest BCUT2D eigenvalue weighted by Gasteiger charge is -2.27. The number of ketones is 1. The molecule has 1 N–H and O–H groups in total. The van der Waals surface area contributed by atoms with Crippen LogP contribution >= 0.6 is 0 Å². The molecule has 1 aromatic heterocycles.